The summed E-state index contributed by atoms with van der Waals surface area (Å²) in [7, 11) is 0. The van der Waals surface area contributed by atoms with Crippen molar-refractivity contribution in [3.63, 3.8) is 0 Å². The Morgan fingerprint density at radius 1 is 1.18 bits per heavy atom. The van der Waals surface area contributed by atoms with Crippen molar-refractivity contribution in [3.05, 3.63) is 48.8 Å². The van der Waals surface area contributed by atoms with Crippen LogP contribution in [0.15, 0.2) is 43.1 Å². The second-order valence-electron chi connectivity index (χ2n) is 4.72. The highest BCUT2D eigenvalue weighted by Crippen LogP contribution is 2.33. The van der Waals surface area contributed by atoms with Crippen LogP contribution in [0.2, 0.25) is 0 Å². The lowest BCUT2D eigenvalue weighted by Gasteiger charge is -2.03. The maximum absolute atomic E-state index is 5.75. The lowest BCUT2D eigenvalue weighted by atomic mass is 10.3. The van der Waals surface area contributed by atoms with Crippen LogP contribution in [0.3, 0.4) is 0 Å². The van der Waals surface area contributed by atoms with Gasteiger partial charge in [-0.05, 0) is 12.1 Å². The monoisotopic (exact) mass is 319 g/mol. The van der Waals surface area contributed by atoms with Crippen LogP contribution in [-0.4, -0.2) is 25.9 Å². The van der Waals surface area contributed by atoms with Gasteiger partial charge in [0.1, 0.15) is 0 Å². The Morgan fingerprint density at radius 2 is 2.05 bits per heavy atom. The molecule has 22 heavy (non-hydrogen) atoms. The number of rotatable bonds is 3. The Morgan fingerprint density at radius 3 is 2.86 bits per heavy atom. The molecule has 0 spiro atoms. The van der Waals surface area contributed by atoms with Crippen molar-refractivity contribution in [2.24, 2.45) is 0 Å². The van der Waals surface area contributed by atoms with Crippen LogP contribution in [-0.2, 0) is 6.54 Å². The van der Waals surface area contributed by atoms with Gasteiger partial charge in [-0.15, -0.1) is 12.4 Å². The van der Waals surface area contributed by atoms with Gasteiger partial charge in [0, 0.05) is 24.7 Å². The van der Waals surface area contributed by atoms with E-state index in [9.17, 15) is 0 Å². The molecule has 3 aromatic rings. The van der Waals surface area contributed by atoms with Crippen molar-refractivity contribution < 1.29 is 9.47 Å². The average molecular weight is 320 g/mol. The summed E-state index contributed by atoms with van der Waals surface area (Å²) >= 11 is 0. The quantitative estimate of drug-likeness (QED) is 0.797. The fraction of sp³-hybridized carbons (Fsp3) is 0.143. The van der Waals surface area contributed by atoms with E-state index in [1.807, 2.05) is 39.7 Å². The van der Waals surface area contributed by atoms with E-state index in [0.717, 1.165) is 22.9 Å². The van der Waals surface area contributed by atoms with Crippen LogP contribution in [0.4, 0.5) is 5.95 Å². The molecular weight excluding hydrogens is 306 g/mol. The number of nitrogens with zero attached hydrogens (tertiary/aromatic N) is 4. The number of aromatic nitrogens is 4. The summed E-state index contributed by atoms with van der Waals surface area (Å²) in [6.07, 6.45) is 7.22. The molecule has 0 amide bonds. The average Bonchev–Trinajstić information content (AvgIpc) is 3.20. The van der Waals surface area contributed by atoms with Gasteiger partial charge < -0.3 is 24.3 Å². The second kappa shape index (κ2) is 5.61. The van der Waals surface area contributed by atoms with Crippen molar-refractivity contribution >= 4 is 18.4 Å². The minimum absolute atomic E-state index is 0. The molecule has 0 fully saturated rings. The highest BCUT2D eigenvalue weighted by molar-refractivity contribution is 5.85. The third-order valence-electron chi connectivity index (χ3n) is 3.37. The number of benzene rings is 1. The first kappa shape index (κ1) is 14.3. The number of ether oxygens (including phenoxy) is 2. The van der Waals surface area contributed by atoms with Crippen LogP contribution in [0.5, 0.6) is 11.5 Å². The number of imidazole rings is 2. The van der Waals surface area contributed by atoms with Crippen molar-refractivity contribution in [2.45, 2.75) is 6.54 Å². The van der Waals surface area contributed by atoms with Crippen LogP contribution >= 0.6 is 12.4 Å². The predicted octanol–water partition coefficient (Wildman–Crippen LogP) is 1.85. The molecule has 1 aliphatic heterocycles. The molecule has 0 aliphatic carbocycles. The number of hydrogen-bond donors (Lipinski definition) is 1. The third kappa shape index (κ3) is 2.46. The SMILES string of the molecule is Cl.Nc1nccn1Cc1cn(-c2ccc3c(c2)OCO3)cn1. The standard InChI is InChI=1S/C14H13N5O2.ClH/c15-14-16-3-4-18(14)6-10-7-19(8-17-10)11-1-2-12-13(5-11)21-9-20-12;/h1-5,7-8H,6,9H2,(H2,15,16);1H. The van der Waals surface area contributed by atoms with Gasteiger partial charge in [0.15, 0.2) is 17.4 Å². The molecular formula is C14H14ClN5O2. The molecule has 0 saturated carbocycles. The minimum atomic E-state index is 0. The summed E-state index contributed by atoms with van der Waals surface area (Å²) in [5.74, 6) is 2.00. The highest BCUT2D eigenvalue weighted by Gasteiger charge is 2.14. The molecule has 0 unspecified atom stereocenters. The van der Waals surface area contributed by atoms with E-state index in [1.165, 1.54) is 0 Å². The van der Waals surface area contributed by atoms with Crippen LogP contribution in [0, 0.1) is 0 Å². The Hall–Kier alpha value is -2.67. The summed E-state index contributed by atoms with van der Waals surface area (Å²) in [6, 6.07) is 5.79. The predicted molar refractivity (Wildman–Crippen MR) is 82.7 cm³/mol. The zero-order chi connectivity index (χ0) is 14.2. The van der Waals surface area contributed by atoms with Gasteiger partial charge >= 0.3 is 0 Å². The summed E-state index contributed by atoms with van der Waals surface area (Å²) in [6.45, 7) is 0.858. The summed E-state index contributed by atoms with van der Waals surface area (Å²) in [4.78, 5) is 8.38. The minimum Gasteiger partial charge on any atom is -0.454 e. The van der Waals surface area contributed by atoms with Crippen LogP contribution in [0.25, 0.3) is 5.69 Å². The van der Waals surface area contributed by atoms with Gasteiger partial charge in [0.25, 0.3) is 0 Å². The molecule has 0 bridgehead atoms. The lowest BCUT2D eigenvalue weighted by Crippen LogP contribution is -2.03. The Balaban J connectivity index is 0.00000144. The topological polar surface area (TPSA) is 80.1 Å². The summed E-state index contributed by atoms with van der Waals surface area (Å²) in [5.41, 5.74) is 7.62. The first-order valence-electron chi connectivity index (χ1n) is 6.49. The fourth-order valence-electron chi connectivity index (χ4n) is 2.28. The molecule has 0 saturated heterocycles. The van der Waals surface area contributed by atoms with Crippen molar-refractivity contribution in [2.75, 3.05) is 12.5 Å². The first-order valence-corrected chi connectivity index (χ1v) is 6.49. The fourth-order valence-corrected chi connectivity index (χ4v) is 2.28. The zero-order valence-electron chi connectivity index (χ0n) is 11.5. The van der Waals surface area contributed by atoms with Crippen molar-refractivity contribution in [1.29, 1.82) is 0 Å². The second-order valence-corrected chi connectivity index (χ2v) is 4.72. The molecule has 1 aromatic carbocycles. The maximum Gasteiger partial charge on any atom is 0.231 e. The number of nitrogen functional groups attached to an aromatic ring is 1. The summed E-state index contributed by atoms with van der Waals surface area (Å²) in [5, 5.41) is 0. The largest absolute Gasteiger partial charge is 0.454 e. The molecule has 2 aromatic heterocycles. The number of anilines is 1. The molecule has 1 aliphatic rings. The van der Waals surface area contributed by atoms with E-state index < -0.39 is 0 Å². The van der Waals surface area contributed by atoms with E-state index >= 15 is 0 Å². The smallest absolute Gasteiger partial charge is 0.231 e. The lowest BCUT2D eigenvalue weighted by molar-refractivity contribution is 0.174. The molecule has 3 heterocycles. The number of hydrogen-bond acceptors (Lipinski definition) is 5. The first-order chi connectivity index (χ1) is 10.3. The molecule has 2 N–H and O–H groups in total. The zero-order valence-corrected chi connectivity index (χ0v) is 12.4. The van der Waals surface area contributed by atoms with Gasteiger partial charge in [-0.1, -0.05) is 0 Å². The highest BCUT2D eigenvalue weighted by atomic mass is 35.5. The third-order valence-corrected chi connectivity index (χ3v) is 3.37. The molecule has 7 nitrogen and oxygen atoms in total. The van der Waals surface area contributed by atoms with E-state index in [4.69, 9.17) is 15.2 Å². The Kier molecular flexibility index (Phi) is 3.64. The van der Waals surface area contributed by atoms with Crippen molar-refractivity contribution in [3.8, 4) is 17.2 Å². The maximum atomic E-state index is 5.75. The Bertz CT molecular complexity index is 798. The van der Waals surface area contributed by atoms with Gasteiger partial charge in [0.2, 0.25) is 6.79 Å². The summed E-state index contributed by atoms with van der Waals surface area (Å²) < 4.78 is 14.5. The molecule has 114 valence electrons. The van der Waals surface area contributed by atoms with Crippen molar-refractivity contribution in [1.82, 2.24) is 19.1 Å². The van der Waals surface area contributed by atoms with Gasteiger partial charge in [-0.25, -0.2) is 9.97 Å². The van der Waals surface area contributed by atoms with E-state index in [1.54, 1.807) is 12.5 Å². The molecule has 0 atom stereocenters. The number of nitrogens with two attached hydrogens (primary N) is 1. The number of fused-ring (bicyclic) bond motifs is 1. The number of halogens is 1. The normalized spacial score (nSPS) is 12.2. The van der Waals surface area contributed by atoms with Crippen LogP contribution < -0.4 is 15.2 Å². The Labute approximate surface area is 132 Å². The van der Waals surface area contributed by atoms with Gasteiger partial charge in [-0.2, -0.15) is 0 Å². The van der Waals surface area contributed by atoms with E-state index in [0.29, 0.717) is 12.5 Å². The molecule has 4 rings (SSSR count). The van der Waals surface area contributed by atoms with Gasteiger partial charge in [0.05, 0.1) is 24.3 Å². The molecule has 8 heteroatoms. The van der Waals surface area contributed by atoms with Crippen LogP contribution in [0.1, 0.15) is 5.69 Å². The molecule has 0 radical (unpaired) electrons. The van der Waals surface area contributed by atoms with Gasteiger partial charge in [-0.3, -0.25) is 0 Å². The van der Waals surface area contributed by atoms with E-state index in [-0.39, 0.29) is 19.2 Å². The van der Waals surface area contributed by atoms with E-state index in [2.05, 4.69) is 9.97 Å².